The van der Waals surface area contributed by atoms with Crippen molar-refractivity contribution in [2.24, 2.45) is 7.05 Å². The average molecular weight is 237 g/mol. The molecule has 0 saturated heterocycles. The van der Waals surface area contributed by atoms with Crippen molar-refractivity contribution >= 4 is 17.4 Å². The van der Waals surface area contributed by atoms with E-state index in [-0.39, 0.29) is 11.5 Å². The Bertz CT molecular complexity index is 496. The maximum Gasteiger partial charge on any atom is 0.147 e. The Morgan fingerprint density at radius 1 is 1.50 bits per heavy atom. The van der Waals surface area contributed by atoms with Gasteiger partial charge in [0.05, 0.1) is 12.0 Å². The van der Waals surface area contributed by atoms with Gasteiger partial charge in [-0.3, -0.25) is 0 Å². The van der Waals surface area contributed by atoms with Crippen molar-refractivity contribution in [3.05, 3.63) is 42.2 Å². The fraction of sp³-hybridized carbons (Fsp3) is 0.182. The van der Waals surface area contributed by atoms with E-state index in [1.54, 1.807) is 30.4 Å². The van der Waals surface area contributed by atoms with Crippen LogP contribution in [0.25, 0.3) is 0 Å². The topological polar surface area (TPSA) is 43.8 Å². The number of thioether (sulfide) groups is 1. The van der Waals surface area contributed by atoms with Crippen LogP contribution in [-0.4, -0.2) is 9.55 Å². The average Bonchev–Trinajstić information content (AvgIpc) is 2.66. The molecular weight excluding hydrogens is 225 g/mol. The molecule has 84 valence electrons. The number of nitrogens with two attached hydrogens (primary N) is 1. The van der Waals surface area contributed by atoms with E-state index < -0.39 is 0 Å². The third kappa shape index (κ3) is 2.36. The molecule has 0 aliphatic heterocycles. The van der Waals surface area contributed by atoms with Crippen molar-refractivity contribution in [3.8, 4) is 0 Å². The van der Waals surface area contributed by atoms with Crippen LogP contribution in [0.3, 0.4) is 0 Å². The van der Waals surface area contributed by atoms with Gasteiger partial charge in [0, 0.05) is 29.6 Å². The molecule has 2 rings (SSSR count). The van der Waals surface area contributed by atoms with Gasteiger partial charge in [0.1, 0.15) is 5.82 Å². The molecule has 1 heterocycles. The predicted molar refractivity (Wildman–Crippen MR) is 63.6 cm³/mol. The van der Waals surface area contributed by atoms with E-state index in [0.29, 0.717) is 0 Å². The standard InChI is InChI=1S/C11H12FN3S/c1-15-7-14-5-8(15)6-16-9-2-3-11(13)10(12)4-9/h2-5,7H,6,13H2,1H3. The summed E-state index contributed by atoms with van der Waals surface area (Å²) in [6, 6.07) is 4.86. The molecule has 1 aromatic heterocycles. The third-order valence-corrected chi connectivity index (χ3v) is 3.30. The van der Waals surface area contributed by atoms with Gasteiger partial charge < -0.3 is 10.3 Å². The van der Waals surface area contributed by atoms with Crippen LogP contribution in [-0.2, 0) is 12.8 Å². The lowest BCUT2D eigenvalue weighted by Crippen LogP contribution is -1.93. The van der Waals surface area contributed by atoms with Crippen LogP contribution in [0.1, 0.15) is 5.69 Å². The number of nitrogens with zero attached hydrogens (tertiary/aromatic N) is 2. The lowest BCUT2D eigenvalue weighted by atomic mass is 10.3. The zero-order valence-electron chi connectivity index (χ0n) is 8.85. The number of hydrogen-bond acceptors (Lipinski definition) is 3. The summed E-state index contributed by atoms with van der Waals surface area (Å²) in [6.45, 7) is 0. The normalized spacial score (nSPS) is 10.6. The van der Waals surface area contributed by atoms with E-state index in [1.165, 1.54) is 6.07 Å². The summed E-state index contributed by atoms with van der Waals surface area (Å²) in [4.78, 5) is 4.89. The van der Waals surface area contributed by atoms with Crippen LogP contribution in [0.2, 0.25) is 0 Å². The Hall–Kier alpha value is -1.49. The Morgan fingerprint density at radius 2 is 2.31 bits per heavy atom. The van der Waals surface area contributed by atoms with Gasteiger partial charge in [0.15, 0.2) is 0 Å². The number of hydrogen-bond donors (Lipinski definition) is 1. The molecule has 0 unspecified atom stereocenters. The summed E-state index contributed by atoms with van der Waals surface area (Å²) >= 11 is 1.56. The number of nitrogen functional groups attached to an aromatic ring is 1. The summed E-state index contributed by atoms with van der Waals surface area (Å²) in [7, 11) is 1.94. The van der Waals surface area contributed by atoms with E-state index in [1.807, 2.05) is 17.7 Å². The molecular formula is C11H12FN3S. The highest BCUT2D eigenvalue weighted by Crippen LogP contribution is 2.24. The van der Waals surface area contributed by atoms with Crippen LogP contribution in [0.15, 0.2) is 35.6 Å². The van der Waals surface area contributed by atoms with Gasteiger partial charge in [0.25, 0.3) is 0 Å². The molecule has 3 nitrogen and oxygen atoms in total. The van der Waals surface area contributed by atoms with Crippen LogP contribution in [0.5, 0.6) is 0 Å². The molecule has 2 aromatic rings. The molecule has 0 amide bonds. The smallest absolute Gasteiger partial charge is 0.147 e. The van der Waals surface area contributed by atoms with Crippen molar-refractivity contribution in [3.63, 3.8) is 0 Å². The zero-order valence-corrected chi connectivity index (χ0v) is 9.67. The first-order valence-electron chi connectivity index (χ1n) is 4.80. The Morgan fingerprint density at radius 3 is 2.94 bits per heavy atom. The first-order chi connectivity index (χ1) is 7.66. The number of aryl methyl sites for hydroxylation is 1. The molecule has 16 heavy (non-hydrogen) atoms. The third-order valence-electron chi connectivity index (χ3n) is 2.28. The largest absolute Gasteiger partial charge is 0.396 e. The van der Waals surface area contributed by atoms with Crippen molar-refractivity contribution in [1.29, 1.82) is 0 Å². The fourth-order valence-electron chi connectivity index (χ4n) is 1.28. The van der Waals surface area contributed by atoms with Crippen molar-refractivity contribution in [2.45, 2.75) is 10.6 Å². The quantitative estimate of drug-likeness (QED) is 0.658. The zero-order chi connectivity index (χ0) is 11.5. The Labute approximate surface area is 97.5 Å². The van der Waals surface area contributed by atoms with E-state index in [0.717, 1.165) is 16.3 Å². The van der Waals surface area contributed by atoms with Gasteiger partial charge in [-0.2, -0.15) is 0 Å². The van der Waals surface area contributed by atoms with E-state index >= 15 is 0 Å². The summed E-state index contributed by atoms with van der Waals surface area (Å²) in [5.41, 5.74) is 6.69. The molecule has 0 atom stereocenters. The first-order valence-corrected chi connectivity index (χ1v) is 5.78. The molecule has 0 fully saturated rings. The van der Waals surface area contributed by atoms with Crippen LogP contribution >= 0.6 is 11.8 Å². The van der Waals surface area contributed by atoms with Gasteiger partial charge >= 0.3 is 0 Å². The minimum atomic E-state index is -0.366. The SMILES string of the molecule is Cn1cncc1CSc1ccc(N)c(F)c1. The molecule has 0 saturated carbocycles. The number of anilines is 1. The van der Waals surface area contributed by atoms with E-state index in [4.69, 9.17) is 5.73 Å². The molecule has 0 radical (unpaired) electrons. The van der Waals surface area contributed by atoms with Crippen LogP contribution < -0.4 is 5.73 Å². The van der Waals surface area contributed by atoms with Crippen molar-refractivity contribution < 1.29 is 4.39 Å². The molecule has 5 heteroatoms. The number of imidazole rings is 1. The number of aromatic nitrogens is 2. The summed E-state index contributed by atoms with van der Waals surface area (Å²) in [5, 5.41) is 0. The highest BCUT2D eigenvalue weighted by molar-refractivity contribution is 7.98. The molecule has 0 bridgehead atoms. The minimum absolute atomic E-state index is 0.185. The molecule has 2 N–H and O–H groups in total. The van der Waals surface area contributed by atoms with Gasteiger partial charge in [-0.05, 0) is 18.2 Å². The maximum absolute atomic E-state index is 13.2. The summed E-state index contributed by atoms with van der Waals surface area (Å²) in [6.07, 6.45) is 3.56. The van der Waals surface area contributed by atoms with E-state index in [2.05, 4.69) is 4.98 Å². The fourth-order valence-corrected chi connectivity index (χ4v) is 2.22. The first kappa shape index (κ1) is 11.0. The van der Waals surface area contributed by atoms with Gasteiger partial charge in [-0.1, -0.05) is 0 Å². The number of halogens is 1. The van der Waals surface area contributed by atoms with Crippen LogP contribution in [0.4, 0.5) is 10.1 Å². The Kier molecular flexibility index (Phi) is 3.14. The second-order valence-corrected chi connectivity index (χ2v) is 4.52. The molecule has 0 spiro atoms. The Balaban J connectivity index is 2.05. The van der Waals surface area contributed by atoms with Gasteiger partial charge in [-0.25, -0.2) is 9.37 Å². The lowest BCUT2D eigenvalue weighted by Gasteiger charge is -2.03. The predicted octanol–water partition coefficient (Wildman–Crippen LogP) is 2.43. The molecule has 1 aromatic carbocycles. The van der Waals surface area contributed by atoms with E-state index in [9.17, 15) is 4.39 Å². The number of rotatable bonds is 3. The molecule has 0 aliphatic carbocycles. The highest BCUT2D eigenvalue weighted by atomic mass is 32.2. The van der Waals surface area contributed by atoms with Gasteiger partial charge in [-0.15, -0.1) is 11.8 Å². The summed E-state index contributed by atoms with van der Waals surface area (Å²) in [5.74, 6) is 0.398. The van der Waals surface area contributed by atoms with Gasteiger partial charge in [0.2, 0.25) is 0 Å². The van der Waals surface area contributed by atoms with Crippen molar-refractivity contribution in [1.82, 2.24) is 9.55 Å². The minimum Gasteiger partial charge on any atom is -0.396 e. The maximum atomic E-state index is 13.2. The highest BCUT2D eigenvalue weighted by Gasteiger charge is 2.03. The van der Waals surface area contributed by atoms with Crippen molar-refractivity contribution in [2.75, 3.05) is 5.73 Å². The number of benzene rings is 1. The molecule has 0 aliphatic rings. The second kappa shape index (κ2) is 4.57. The lowest BCUT2D eigenvalue weighted by molar-refractivity contribution is 0.629. The van der Waals surface area contributed by atoms with Crippen LogP contribution in [0, 0.1) is 5.82 Å². The second-order valence-electron chi connectivity index (χ2n) is 3.47. The summed E-state index contributed by atoms with van der Waals surface area (Å²) < 4.78 is 15.1. The monoisotopic (exact) mass is 237 g/mol.